The van der Waals surface area contributed by atoms with Gasteiger partial charge in [0.05, 0.1) is 12.2 Å². The van der Waals surface area contributed by atoms with Crippen LogP contribution in [0.3, 0.4) is 0 Å². The Kier molecular flexibility index (Phi) is 10.7. The average molecular weight is 491 g/mol. The summed E-state index contributed by atoms with van der Waals surface area (Å²) in [6, 6.07) is 2.29. The van der Waals surface area contributed by atoms with Crippen LogP contribution in [0, 0.1) is 5.92 Å². The molecule has 1 fully saturated rings. The number of nitrogens with zero attached hydrogens (tertiary/aromatic N) is 3. The van der Waals surface area contributed by atoms with Crippen LogP contribution in [-0.4, -0.2) is 48.1 Å². The van der Waals surface area contributed by atoms with E-state index in [9.17, 15) is 4.79 Å². The number of likely N-dealkylation sites (tertiary alicyclic amines) is 1. The summed E-state index contributed by atoms with van der Waals surface area (Å²) >= 11 is 0. The maximum Gasteiger partial charge on any atom is 0.225 e. The van der Waals surface area contributed by atoms with Crippen molar-refractivity contribution in [1.82, 2.24) is 20.7 Å². The van der Waals surface area contributed by atoms with Gasteiger partial charge >= 0.3 is 0 Å². The van der Waals surface area contributed by atoms with Crippen LogP contribution in [0.4, 0.5) is 0 Å². The number of halogens is 1. The Balaban J connectivity index is 0.00000364. The number of aromatic nitrogens is 1. The number of aliphatic imine (C=N–C) groups is 1. The fourth-order valence-electron chi connectivity index (χ4n) is 3.30. The van der Waals surface area contributed by atoms with Crippen molar-refractivity contribution in [2.24, 2.45) is 10.9 Å². The van der Waals surface area contributed by atoms with Crippen molar-refractivity contribution < 1.29 is 9.32 Å². The lowest BCUT2D eigenvalue weighted by Crippen LogP contribution is -2.50. The SMILES string of the molecule is CCc1cc(CNC(=NC)NC2CCN(C(=O)C(CC)CC)CC2)on1.I. The van der Waals surface area contributed by atoms with Crippen LogP contribution in [0.25, 0.3) is 0 Å². The van der Waals surface area contributed by atoms with E-state index in [2.05, 4.69) is 41.6 Å². The molecule has 2 N–H and O–H groups in total. The van der Waals surface area contributed by atoms with Gasteiger partial charge in [0.2, 0.25) is 5.91 Å². The normalized spacial score (nSPS) is 15.6. The van der Waals surface area contributed by atoms with Crippen LogP contribution in [0.2, 0.25) is 0 Å². The van der Waals surface area contributed by atoms with Crippen molar-refractivity contribution >= 4 is 35.8 Å². The minimum Gasteiger partial charge on any atom is -0.359 e. The molecule has 1 aromatic heterocycles. The summed E-state index contributed by atoms with van der Waals surface area (Å²) < 4.78 is 5.29. The first-order chi connectivity index (χ1) is 12.6. The van der Waals surface area contributed by atoms with E-state index in [0.29, 0.717) is 18.5 Å². The van der Waals surface area contributed by atoms with E-state index in [1.807, 2.05) is 11.0 Å². The van der Waals surface area contributed by atoms with E-state index < -0.39 is 0 Å². The van der Waals surface area contributed by atoms with Gasteiger partial charge in [-0.2, -0.15) is 0 Å². The van der Waals surface area contributed by atoms with E-state index in [-0.39, 0.29) is 29.9 Å². The lowest BCUT2D eigenvalue weighted by Gasteiger charge is -2.34. The van der Waals surface area contributed by atoms with Crippen LogP contribution in [0.5, 0.6) is 0 Å². The molecule has 8 heteroatoms. The number of nitrogens with one attached hydrogen (secondary N) is 2. The molecule has 0 unspecified atom stereocenters. The molecule has 1 amide bonds. The van der Waals surface area contributed by atoms with Gasteiger partial charge in [-0.1, -0.05) is 25.9 Å². The first-order valence-electron chi connectivity index (χ1n) is 9.81. The number of carbonyl (C=O) groups excluding carboxylic acids is 1. The minimum atomic E-state index is 0. The molecule has 0 spiro atoms. The van der Waals surface area contributed by atoms with E-state index in [4.69, 9.17) is 4.52 Å². The number of hydrogen-bond donors (Lipinski definition) is 2. The molecule has 2 rings (SSSR count). The fourth-order valence-corrected chi connectivity index (χ4v) is 3.30. The predicted molar refractivity (Wildman–Crippen MR) is 118 cm³/mol. The third-order valence-electron chi connectivity index (χ3n) is 5.11. The summed E-state index contributed by atoms with van der Waals surface area (Å²) in [7, 11) is 1.76. The summed E-state index contributed by atoms with van der Waals surface area (Å²) in [4.78, 5) is 18.8. The quantitative estimate of drug-likeness (QED) is 0.348. The smallest absolute Gasteiger partial charge is 0.225 e. The first-order valence-corrected chi connectivity index (χ1v) is 9.81. The van der Waals surface area contributed by atoms with E-state index in [0.717, 1.165) is 62.6 Å². The lowest BCUT2D eigenvalue weighted by molar-refractivity contribution is -0.136. The second-order valence-corrected chi connectivity index (χ2v) is 6.82. The molecular weight excluding hydrogens is 457 g/mol. The topological polar surface area (TPSA) is 82.8 Å². The van der Waals surface area contributed by atoms with Gasteiger partial charge in [0, 0.05) is 38.2 Å². The van der Waals surface area contributed by atoms with Gasteiger partial charge in [0.25, 0.3) is 0 Å². The molecule has 2 heterocycles. The Morgan fingerprint density at radius 3 is 2.52 bits per heavy atom. The van der Waals surface area contributed by atoms with Gasteiger partial charge in [-0.15, -0.1) is 24.0 Å². The number of hydrogen-bond acceptors (Lipinski definition) is 4. The zero-order chi connectivity index (χ0) is 18.9. The van der Waals surface area contributed by atoms with Gasteiger partial charge in [0.15, 0.2) is 11.7 Å². The summed E-state index contributed by atoms with van der Waals surface area (Å²) in [5, 5.41) is 10.7. The molecule has 1 saturated heterocycles. The van der Waals surface area contributed by atoms with Crippen LogP contribution in [-0.2, 0) is 17.8 Å². The molecule has 1 aliphatic rings. The summed E-state index contributed by atoms with van der Waals surface area (Å²) in [6.07, 6.45) is 4.59. The van der Waals surface area contributed by atoms with Crippen molar-refractivity contribution in [1.29, 1.82) is 0 Å². The zero-order valence-electron chi connectivity index (χ0n) is 17.0. The number of rotatable bonds is 7. The van der Waals surface area contributed by atoms with Crippen LogP contribution in [0.1, 0.15) is 57.9 Å². The Labute approximate surface area is 179 Å². The molecule has 0 atom stereocenters. The zero-order valence-corrected chi connectivity index (χ0v) is 19.3. The highest BCUT2D eigenvalue weighted by Gasteiger charge is 2.26. The second kappa shape index (κ2) is 12.2. The van der Waals surface area contributed by atoms with E-state index in [1.165, 1.54) is 0 Å². The number of guanidine groups is 1. The Morgan fingerprint density at radius 2 is 2.00 bits per heavy atom. The highest BCUT2D eigenvalue weighted by atomic mass is 127. The van der Waals surface area contributed by atoms with E-state index >= 15 is 0 Å². The molecule has 154 valence electrons. The van der Waals surface area contributed by atoms with Crippen LogP contribution in [0.15, 0.2) is 15.6 Å². The fraction of sp³-hybridized carbons (Fsp3) is 0.737. The number of piperidine rings is 1. The maximum atomic E-state index is 12.5. The molecule has 0 bridgehead atoms. The molecule has 1 aliphatic heterocycles. The van der Waals surface area contributed by atoms with Gasteiger partial charge in [-0.25, -0.2) is 0 Å². The third-order valence-corrected chi connectivity index (χ3v) is 5.11. The van der Waals surface area contributed by atoms with Crippen molar-refractivity contribution in [3.8, 4) is 0 Å². The summed E-state index contributed by atoms with van der Waals surface area (Å²) in [5.41, 5.74) is 0.958. The molecule has 27 heavy (non-hydrogen) atoms. The van der Waals surface area contributed by atoms with Gasteiger partial charge < -0.3 is 20.1 Å². The highest BCUT2D eigenvalue weighted by molar-refractivity contribution is 14.0. The Hall–Kier alpha value is -1.32. The molecule has 1 aromatic rings. The standard InChI is InChI=1S/C19H33N5O2.HI/c1-5-14(6-2)18(25)24-10-8-16(9-11-24)22-19(20-4)21-13-17-12-15(7-3)23-26-17;/h12,14,16H,5-11,13H2,1-4H3,(H2,20,21,22);1H. The molecule has 7 nitrogen and oxygen atoms in total. The second-order valence-electron chi connectivity index (χ2n) is 6.82. The molecular formula is C19H34IN5O2. The number of carbonyl (C=O) groups is 1. The first kappa shape index (κ1) is 23.7. The molecule has 0 aliphatic carbocycles. The van der Waals surface area contributed by atoms with Crippen molar-refractivity contribution in [2.75, 3.05) is 20.1 Å². The third kappa shape index (κ3) is 6.97. The molecule has 0 saturated carbocycles. The van der Waals surface area contributed by atoms with Crippen LogP contribution < -0.4 is 10.6 Å². The van der Waals surface area contributed by atoms with E-state index in [1.54, 1.807) is 7.05 Å². The van der Waals surface area contributed by atoms with Gasteiger partial charge in [0.1, 0.15) is 0 Å². The molecule has 0 radical (unpaired) electrons. The van der Waals surface area contributed by atoms with Gasteiger partial charge in [-0.05, 0) is 32.1 Å². The summed E-state index contributed by atoms with van der Waals surface area (Å²) in [5.74, 6) is 2.04. The molecule has 0 aromatic carbocycles. The number of amides is 1. The van der Waals surface area contributed by atoms with Gasteiger partial charge in [-0.3, -0.25) is 9.79 Å². The lowest BCUT2D eigenvalue weighted by atomic mass is 9.98. The average Bonchev–Trinajstić information content (AvgIpc) is 3.14. The maximum absolute atomic E-state index is 12.5. The summed E-state index contributed by atoms with van der Waals surface area (Å²) in [6.45, 7) is 8.41. The Morgan fingerprint density at radius 1 is 1.33 bits per heavy atom. The predicted octanol–water partition coefficient (Wildman–Crippen LogP) is 2.95. The van der Waals surface area contributed by atoms with Crippen LogP contribution >= 0.6 is 24.0 Å². The minimum absolute atomic E-state index is 0. The van der Waals surface area contributed by atoms with Crippen molar-refractivity contribution in [2.45, 2.75) is 65.5 Å². The highest BCUT2D eigenvalue weighted by Crippen LogP contribution is 2.17. The van der Waals surface area contributed by atoms with Crippen molar-refractivity contribution in [3.05, 3.63) is 17.5 Å². The van der Waals surface area contributed by atoms with Crippen molar-refractivity contribution in [3.63, 3.8) is 0 Å². The monoisotopic (exact) mass is 491 g/mol. The number of aryl methyl sites for hydroxylation is 1. The largest absolute Gasteiger partial charge is 0.359 e. The Bertz CT molecular complexity index is 593.